The molecule has 0 radical (unpaired) electrons. The number of aromatic nitrogens is 3. The molecule has 130 valence electrons. The minimum absolute atomic E-state index is 0.160. The molecule has 4 rings (SSSR count). The zero-order valence-electron chi connectivity index (χ0n) is 13.6. The summed E-state index contributed by atoms with van der Waals surface area (Å²) in [6.45, 7) is -0.0471. The molecule has 0 unspecified atom stereocenters. The normalized spacial score (nSPS) is 12.0. The quantitative estimate of drug-likeness (QED) is 0.769. The highest BCUT2D eigenvalue weighted by molar-refractivity contribution is 5.90. The van der Waals surface area contributed by atoms with Gasteiger partial charge in [0.2, 0.25) is 12.7 Å². The van der Waals surface area contributed by atoms with Gasteiger partial charge in [-0.3, -0.25) is 14.6 Å². The van der Waals surface area contributed by atoms with Gasteiger partial charge in [-0.1, -0.05) is 0 Å². The van der Waals surface area contributed by atoms with Gasteiger partial charge >= 0.3 is 0 Å². The first-order valence-corrected chi connectivity index (χ1v) is 7.87. The van der Waals surface area contributed by atoms with Crippen molar-refractivity contribution in [3.8, 4) is 22.8 Å². The van der Waals surface area contributed by atoms with Gasteiger partial charge in [0.1, 0.15) is 6.54 Å². The van der Waals surface area contributed by atoms with Gasteiger partial charge in [-0.2, -0.15) is 5.10 Å². The third kappa shape index (κ3) is 3.25. The standard InChI is InChI=1S/C18H14N4O4/c23-17(20-13-3-5-15-16(8-13)26-11-25-15)10-22-18(24)6-4-14(21-22)12-2-1-7-19-9-12/h1-9H,10-11H2,(H,20,23). The van der Waals surface area contributed by atoms with Crippen molar-refractivity contribution >= 4 is 11.6 Å². The van der Waals surface area contributed by atoms with Crippen LogP contribution in [0.15, 0.2) is 59.7 Å². The van der Waals surface area contributed by atoms with Crippen molar-refractivity contribution in [1.29, 1.82) is 0 Å². The molecule has 0 saturated carbocycles. The maximum absolute atomic E-state index is 12.3. The summed E-state index contributed by atoms with van der Waals surface area (Å²) in [7, 11) is 0. The molecule has 0 bridgehead atoms. The van der Waals surface area contributed by atoms with Crippen molar-refractivity contribution in [2.75, 3.05) is 12.1 Å². The zero-order valence-corrected chi connectivity index (χ0v) is 13.6. The van der Waals surface area contributed by atoms with Crippen molar-refractivity contribution in [2.45, 2.75) is 6.54 Å². The van der Waals surface area contributed by atoms with E-state index in [9.17, 15) is 9.59 Å². The van der Waals surface area contributed by atoms with Gasteiger partial charge in [0, 0.05) is 35.8 Å². The SMILES string of the molecule is O=C(Cn1nc(-c2cccnc2)ccc1=O)Nc1ccc2c(c1)OCO2. The van der Waals surface area contributed by atoms with Crippen LogP contribution in [0.25, 0.3) is 11.3 Å². The van der Waals surface area contributed by atoms with Crippen molar-refractivity contribution < 1.29 is 14.3 Å². The molecule has 0 spiro atoms. The van der Waals surface area contributed by atoms with Crippen LogP contribution in [0.3, 0.4) is 0 Å². The maximum atomic E-state index is 12.3. The highest BCUT2D eigenvalue weighted by Crippen LogP contribution is 2.34. The molecule has 26 heavy (non-hydrogen) atoms. The number of amides is 1. The summed E-state index contributed by atoms with van der Waals surface area (Å²) in [6.07, 6.45) is 3.29. The molecular weight excluding hydrogens is 336 g/mol. The molecular formula is C18H14N4O4. The highest BCUT2D eigenvalue weighted by atomic mass is 16.7. The fraction of sp³-hybridized carbons (Fsp3) is 0.111. The first-order valence-electron chi connectivity index (χ1n) is 7.87. The van der Waals surface area contributed by atoms with Gasteiger partial charge in [-0.25, -0.2) is 4.68 Å². The molecule has 1 aliphatic heterocycles. The number of carbonyl (C=O) groups excluding carboxylic acids is 1. The Kier molecular flexibility index (Phi) is 4.06. The second-order valence-electron chi connectivity index (χ2n) is 5.57. The van der Waals surface area contributed by atoms with E-state index in [-0.39, 0.29) is 24.8 Å². The number of ether oxygens (including phenoxy) is 2. The summed E-state index contributed by atoms with van der Waals surface area (Å²) in [5, 5.41) is 6.96. The van der Waals surface area contributed by atoms with E-state index in [4.69, 9.17) is 9.47 Å². The van der Waals surface area contributed by atoms with Gasteiger partial charge in [-0.05, 0) is 30.3 Å². The highest BCUT2D eigenvalue weighted by Gasteiger charge is 2.15. The lowest BCUT2D eigenvalue weighted by atomic mass is 10.2. The van der Waals surface area contributed by atoms with Gasteiger partial charge in [-0.15, -0.1) is 0 Å². The average Bonchev–Trinajstić information content (AvgIpc) is 3.12. The fourth-order valence-electron chi connectivity index (χ4n) is 2.54. The average molecular weight is 350 g/mol. The third-order valence-corrected chi connectivity index (χ3v) is 3.77. The van der Waals surface area contributed by atoms with Crippen LogP contribution in [0.2, 0.25) is 0 Å². The Labute approximate surface area is 148 Å². The first-order chi connectivity index (χ1) is 12.7. The van der Waals surface area contributed by atoms with Crippen LogP contribution in [0, 0.1) is 0 Å². The molecule has 8 heteroatoms. The largest absolute Gasteiger partial charge is 0.454 e. The molecule has 3 aromatic rings. The molecule has 2 aromatic heterocycles. The Bertz CT molecular complexity index is 1020. The second kappa shape index (κ2) is 6.67. The molecule has 1 amide bonds. The van der Waals surface area contributed by atoms with E-state index in [1.54, 1.807) is 42.7 Å². The zero-order chi connectivity index (χ0) is 17.9. The molecule has 0 atom stereocenters. The van der Waals surface area contributed by atoms with Crippen molar-refractivity contribution in [2.24, 2.45) is 0 Å². The smallest absolute Gasteiger partial charge is 0.267 e. The van der Waals surface area contributed by atoms with Crippen LogP contribution in [0.5, 0.6) is 11.5 Å². The van der Waals surface area contributed by atoms with Crippen molar-refractivity contribution in [1.82, 2.24) is 14.8 Å². The number of benzene rings is 1. The van der Waals surface area contributed by atoms with E-state index in [1.165, 1.54) is 6.07 Å². The maximum Gasteiger partial charge on any atom is 0.267 e. The van der Waals surface area contributed by atoms with Gasteiger partial charge in [0.25, 0.3) is 5.56 Å². The molecule has 0 fully saturated rings. The Morgan fingerprint density at radius 3 is 2.88 bits per heavy atom. The van der Waals surface area contributed by atoms with Crippen LogP contribution in [0.1, 0.15) is 0 Å². The van der Waals surface area contributed by atoms with E-state index >= 15 is 0 Å². The lowest BCUT2D eigenvalue weighted by Gasteiger charge is -2.08. The topological polar surface area (TPSA) is 95.3 Å². The number of rotatable bonds is 4. The summed E-state index contributed by atoms with van der Waals surface area (Å²) in [5.41, 5.74) is 1.51. The molecule has 8 nitrogen and oxygen atoms in total. The number of hydrogen-bond donors (Lipinski definition) is 1. The molecule has 3 heterocycles. The van der Waals surface area contributed by atoms with E-state index < -0.39 is 0 Å². The lowest BCUT2D eigenvalue weighted by Crippen LogP contribution is -2.29. The first kappa shape index (κ1) is 15.8. The van der Waals surface area contributed by atoms with Crippen molar-refractivity contribution in [3.05, 3.63) is 65.2 Å². The van der Waals surface area contributed by atoms with Crippen LogP contribution < -0.4 is 20.3 Å². The van der Waals surface area contributed by atoms with E-state index in [1.807, 2.05) is 6.07 Å². The van der Waals surface area contributed by atoms with Crippen LogP contribution in [0.4, 0.5) is 5.69 Å². The van der Waals surface area contributed by atoms with Crippen molar-refractivity contribution in [3.63, 3.8) is 0 Å². The number of nitrogens with one attached hydrogen (secondary N) is 1. The summed E-state index contributed by atoms with van der Waals surface area (Å²) in [6, 6.07) is 11.7. The molecule has 1 aromatic carbocycles. The Morgan fingerprint density at radius 2 is 2.04 bits per heavy atom. The number of anilines is 1. The fourth-order valence-corrected chi connectivity index (χ4v) is 2.54. The van der Waals surface area contributed by atoms with Gasteiger partial charge < -0.3 is 14.8 Å². The molecule has 1 N–H and O–H groups in total. The summed E-state index contributed by atoms with van der Waals surface area (Å²) in [4.78, 5) is 28.3. The van der Waals surface area contributed by atoms with Crippen LogP contribution in [-0.2, 0) is 11.3 Å². The number of carbonyl (C=O) groups is 1. The van der Waals surface area contributed by atoms with Crippen LogP contribution in [-0.4, -0.2) is 27.5 Å². The van der Waals surface area contributed by atoms with E-state index in [2.05, 4.69) is 15.4 Å². The number of nitrogens with zero attached hydrogens (tertiary/aromatic N) is 3. The molecule has 0 aliphatic carbocycles. The minimum Gasteiger partial charge on any atom is -0.454 e. The second-order valence-corrected chi connectivity index (χ2v) is 5.57. The van der Waals surface area contributed by atoms with E-state index in [0.717, 1.165) is 10.2 Å². The minimum atomic E-state index is -0.373. The van der Waals surface area contributed by atoms with Crippen LogP contribution >= 0.6 is 0 Å². The molecule has 1 aliphatic rings. The Hall–Kier alpha value is -3.68. The number of fused-ring (bicyclic) bond motifs is 1. The third-order valence-electron chi connectivity index (χ3n) is 3.77. The van der Waals surface area contributed by atoms with Gasteiger partial charge in [0.15, 0.2) is 11.5 Å². The Balaban J connectivity index is 1.51. The summed E-state index contributed by atoms with van der Waals surface area (Å²) >= 11 is 0. The Morgan fingerprint density at radius 1 is 1.15 bits per heavy atom. The summed E-state index contributed by atoms with van der Waals surface area (Å²) < 4.78 is 11.6. The molecule has 0 saturated heterocycles. The monoisotopic (exact) mass is 350 g/mol. The van der Waals surface area contributed by atoms with Gasteiger partial charge in [0.05, 0.1) is 5.69 Å². The number of hydrogen-bond acceptors (Lipinski definition) is 6. The summed E-state index contributed by atoms with van der Waals surface area (Å²) in [5.74, 6) is 0.823. The predicted octanol–water partition coefficient (Wildman–Crippen LogP) is 1.67. The van der Waals surface area contributed by atoms with E-state index in [0.29, 0.717) is 22.9 Å². The number of pyridine rings is 1. The lowest BCUT2D eigenvalue weighted by molar-refractivity contribution is -0.117. The predicted molar refractivity (Wildman–Crippen MR) is 92.9 cm³/mol.